The van der Waals surface area contributed by atoms with Gasteiger partial charge in [-0.15, -0.1) is 0 Å². The van der Waals surface area contributed by atoms with Gasteiger partial charge in [0.05, 0.1) is 5.54 Å². The Labute approximate surface area is 126 Å². The van der Waals surface area contributed by atoms with E-state index in [-0.39, 0.29) is 18.4 Å². The first-order valence-corrected chi connectivity index (χ1v) is 6.74. The quantitative estimate of drug-likeness (QED) is 0.463. The van der Waals surface area contributed by atoms with Crippen LogP contribution in [0.2, 0.25) is 0 Å². The van der Waals surface area contributed by atoms with E-state index in [9.17, 15) is 17.6 Å². The average molecular weight is 322 g/mol. The summed E-state index contributed by atoms with van der Waals surface area (Å²) in [4.78, 5) is -0.464. The van der Waals surface area contributed by atoms with Gasteiger partial charge in [-0.3, -0.25) is 0 Å². The predicted octanol–water partition coefficient (Wildman–Crippen LogP) is 3.36. The minimum absolute atomic E-state index is 0.157. The zero-order chi connectivity index (χ0) is 16.3. The van der Waals surface area contributed by atoms with Gasteiger partial charge in [-0.1, -0.05) is 18.8 Å². The highest BCUT2D eigenvalue weighted by atomic mass is 32.1. The fourth-order valence-electron chi connectivity index (χ4n) is 1.99. The molecule has 1 rings (SSSR count). The zero-order valence-corrected chi connectivity index (χ0v) is 12.5. The van der Waals surface area contributed by atoms with E-state index in [0.717, 1.165) is 6.08 Å². The Bertz CT molecular complexity index is 499. The average Bonchev–Trinajstić information content (AvgIpc) is 2.47. The van der Waals surface area contributed by atoms with Crippen molar-refractivity contribution in [2.75, 3.05) is 13.3 Å². The van der Waals surface area contributed by atoms with Crippen LogP contribution >= 0.6 is 12.2 Å². The van der Waals surface area contributed by atoms with Crippen molar-refractivity contribution >= 4 is 17.2 Å². The first kappa shape index (κ1) is 17.7. The van der Waals surface area contributed by atoms with Crippen molar-refractivity contribution < 1.29 is 17.6 Å². The minimum atomic E-state index is -2.33. The Morgan fingerprint density at radius 1 is 1.38 bits per heavy atom. The molecule has 0 aromatic carbocycles. The lowest BCUT2D eigenvalue weighted by Gasteiger charge is -2.43. The smallest absolute Gasteiger partial charge is 0.188 e. The van der Waals surface area contributed by atoms with Crippen molar-refractivity contribution in [3.63, 3.8) is 0 Å². The summed E-state index contributed by atoms with van der Waals surface area (Å²) in [6.07, 6.45) is 1.85. The molecule has 7 heteroatoms. The van der Waals surface area contributed by atoms with Crippen molar-refractivity contribution in [3.05, 3.63) is 35.8 Å². The number of allylic oxidation sites excluding steroid dienone is 3. The molecule has 0 bridgehead atoms. The second-order valence-corrected chi connectivity index (χ2v) is 5.58. The summed E-state index contributed by atoms with van der Waals surface area (Å²) in [6.45, 7) is 2.73. The second kappa shape index (κ2) is 6.60. The summed E-state index contributed by atoms with van der Waals surface area (Å²) < 4.78 is 54.2. The van der Waals surface area contributed by atoms with Crippen LogP contribution in [0, 0.1) is 0 Å². The van der Waals surface area contributed by atoms with Gasteiger partial charge in [0, 0.05) is 11.3 Å². The monoisotopic (exact) mass is 322 g/mol. The maximum atomic E-state index is 14.0. The molecule has 0 radical (unpaired) electrons. The summed E-state index contributed by atoms with van der Waals surface area (Å²) in [6, 6.07) is 0. The number of rotatable bonds is 5. The molecule has 1 unspecified atom stereocenters. The van der Waals surface area contributed by atoms with Crippen LogP contribution in [-0.2, 0) is 0 Å². The predicted molar refractivity (Wildman–Crippen MR) is 79.8 cm³/mol. The molecule has 1 saturated heterocycles. The molecule has 2 nitrogen and oxygen atoms in total. The summed E-state index contributed by atoms with van der Waals surface area (Å²) in [5, 5.41) is 2.40. The van der Waals surface area contributed by atoms with E-state index in [4.69, 9.17) is 18.0 Å². The van der Waals surface area contributed by atoms with Gasteiger partial charge in [0.2, 0.25) is 0 Å². The van der Waals surface area contributed by atoms with Gasteiger partial charge in [0.1, 0.15) is 24.2 Å². The molecule has 118 valence electrons. The van der Waals surface area contributed by atoms with Crippen LogP contribution in [0.4, 0.5) is 17.6 Å². The van der Waals surface area contributed by atoms with Crippen molar-refractivity contribution in [2.45, 2.75) is 31.0 Å². The van der Waals surface area contributed by atoms with Gasteiger partial charge in [-0.25, -0.2) is 17.6 Å². The number of hydrogen-bond acceptors (Lipinski definition) is 2. The number of nitrogens with two attached hydrogens (primary N) is 1. The highest BCUT2D eigenvalue weighted by Crippen LogP contribution is 2.37. The third kappa shape index (κ3) is 3.64. The van der Waals surface area contributed by atoms with Crippen LogP contribution in [0.3, 0.4) is 0 Å². The fourth-order valence-corrected chi connectivity index (χ4v) is 2.34. The van der Waals surface area contributed by atoms with Gasteiger partial charge < -0.3 is 11.1 Å². The van der Waals surface area contributed by atoms with Crippen LogP contribution in [0.1, 0.15) is 19.8 Å². The SMILES string of the molecule is C=C(/C(F)=C\C=C(/C)N)[C@]1(CF)CCC(F)(CF)C(=S)N1. The third-order valence-corrected chi connectivity index (χ3v) is 3.97. The minimum Gasteiger partial charge on any atom is -0.402 e. The first-order chi connectivity index (χ1) is 9.70. The molecule has 0 aromatic heterocycles. The summed E-state index contributed by atoms with van der Waals surface area (Å²) >= 11 is 4.76. The summed E-state index contributed by atoms with van der Waals surface area (Å²) in [5.74, 6) is -0.792. The Morgan fingerprint density at radius 3 is 2.43 bits per heavy atom. The molecule has 1 aliphatic rings. The second-order valence-electron chi connectivity index (χ2n) is 5.17. The van der Waals surface area contributed by atoms with Crippen LogP contribution in [0.5, 0.6) is 0 Å². The molecule has 0 aliphatic carbocycles. The highest BCUT2D eigenvalue weighted by Gasteiger charge is 2.49. The maximum absolute atomic E-state index is 14.0. The lowest BCUT2D eigenvalue weighted by molar-refractivity contribution is 0.135. The molecule has 2 atom stereocenters. The van der Waals surface area contributed by atoms with E-state index < -0.39 is 35.4 Å². The maximum Gasteiger partial charge on any atom is 0.188 e. The fraction of sp³-hybridized carbons (Fsp3) is 0.500. The van der Waals surface area contributed by atoms with E-state index >= 15 is 0 Å². The van der Waals surface area contributed by atoms with Gasteiger partial charge in [0.25, 0.3) is 0 Å². The molecule has 0 saturated carbocycles. The number of halogens is 4. The number of nitrogens with one attached hydrogen (secondary N) is 1. The number of hydrogen-bond donors (Lipinski definition) is 2. The molecular weight excluding hydrogens is 304 g/mol. The molecule has 1 fully saturated rings. The Morgan fingerprint density at radius 2 is 2.00 bits per heavy atom. The topological polar surface area (TPSA) is 38.0 Å². The molecule has 21 heavy (non-hydrogen) atoms. The lowest BCUT2D eigenvalue weighted by atomic mass is 9.78. The van der Waals surface area contributed by atoms with E-state index in [1.54, 1.807) is 6.92 Å². The van der Waals surface area contributed by atoms with E-state index in [1.165, 1.54) is 6.08 Å². The van der Waals surface area contributed by atoms with E-state index in [2.05, 4.69) is 11.9 Å². The third-order valence-electron chi connectivity index (χ3n) is 3.51. The Hall–Kier alpha value is -1.37. The molecule has 0 spiro atoms. The summed E-state index contributed by atoms with van der Waals surface area (Å²) in [7, 11) is 0. The largest absolute Gasteiger partial charge is 0.402 e. The van der Waals surface area contributed by atoms with Crippen LogP contribution in [-0.4, -0.2) is 29.5 Å². The van der Waals surface area contributed by atoms with Crippen molar-refractivity contribution in [2.24, 2.45) is 5.73 Å². The van der Waals surface area contributed by atoms with E-state index in [0.29, 0.717) is 5.70 Å². The van der Waals surface area contributed by atoms with E-state index in [1.807, 2.05) is 0 Å². The Kier molecular flexibility index (Phi) is 5.55. The van der Waals surface area contributed by atoms with Crippen LogP contribution in [0.25, 0.3) is 0 Å². The Balaban J connectivity index is 3.03. The van der Waals surface area contributed by atoms with Gasteiger partial charge in [-0.2, -0.15) is 0 Å². The highest BCUT2D eigenvalue weighted by molar-refractivity contribution is 7.80. The lowest BCUT2D eigenvalue weighted by Crippen LogP contribution is -2.62. The van der Waals surface area contributed by atoms with Crippen molar-refractivity contribution in [3.8, 4) is 0 Å². The molecule has 1 aliphatic heterocycles. The van der Waals surface area contributed by atoms with Crippen molar-refractivity contribution in [1.82, 2.24) is 5.32 Å². The molecular formula is C14H18F4N2S. The molecule has 0 aromatic rings. The zero-order valence-electron chi connectivity index (χ0n) is 11.7. The summed E-state index contributed by atoms with van der Waals surface area (Å²) in [5.41, 5.74) is 1.65. The van der Waals surface area contributed by atoms with Crippen molar-refractivity contribution in [1.29, 1.82) is 0 Å². The van der Waals surface area contributed by atoms with Gasteiger partial charge in [-0.05, 0) is 31.9 Å². The van der Waals surface area contributed by atoms with Gasteiger partial charge >= 0.3 is 0 Å². The molecule has 3 N–H and O–H groups in total. The molecule has 0 amide bonds. The first-order valence-electron chi connectivity index (χ1n) is 6.33. The standard InChI is InChI=1S/C14H18F4N2S/c1-9(19)3-4-11(17)10(2)14(8-16)6-5-13(18,7-15)12(21)20-14/h3-4H,2,5-8,19H2,1H3,(H,20,21)/b9-3+,11-4+/t13?,14-/m1/s1. The normalized spacial score (nSPS) is 31.0. The number of alkyl halides is 3. The van der Waals surface area contributed by atoms with Crippen LogP contribution in [0.15, 0.2) is 35.8 Å². The van der Waals surface area contributed by atoms with Crippen LogP contribution < -0.4 is 11.1 Å². The number of thiocarbonyl (C=S) groups is 1. The van der Waals surface area contributed by atoms with Gasteiger partial charge in [0.15, 0.2) is 5.67 Å². The number of piperidine rings is 1. The molecule has 1 heterocycles.